The third-order valence-electron chi connectivity index (χ3n) is 2.37. The van der Waals surface area contributed by atoms with Crippen molar-refractivity contribution in [3.63, 3.8) is 0 Å². The molecule has 0 unspecified atom stereocenters. The van der Waals surface area contributed by atoms with Gasteiger partial charge in [-0.25, -0.2) is 4.98 Å². The van der Waals surface area contributed by atoms with Crippen LogP contribution in [0.3, 0.4) is 0 Å². The van der Waals surface area contributed by atoms with Gasteiger partial charge in [0.1, 0.15) is 0 Å². The second kappa shape index (κ2) is 4.45. The normalized spacial score (nSPS) is 9.50. The van der Waals surface area contributed by atoms with Crippen LogP contribution in [0.25, 0.3) is 21.8 Å². The second-order valence-corrected chi connectivity index (χ2v) is 3.36. The number of rotatable bonds is 0. The number of pyridine rings is 1. The molecule has 0 bridgehead atoms. The molecule has 0 radical (unpaired) electrons. The minimum atomic E-state index is 1.18. The molecule has 2 heterocycles. The summed E-state index contributed by atoms with van der Waals surface area (Å²) in [5.41, 5.74) is 2.37. The second-order valence-electron chi connectivity index (χ2n) is 3.36. The van der Waals surface area contributed by atoms with Crippen LogP contribution >= 0.6 is 0 Å². The minimum Gasteiger partial charge on any atom is -0.361 e. The molecule has 78 valence electrons. The first-order chi connectivity index (χ1) is 7.86. The number of aromatic amines is 2. The van der Waals surface area contributed by atoms with E-state index in [1.807, 2.05) is 18.5 Å². The van der Waals surface area contributed by atoms with Crippen LogP contribution in [0.2, 0.25) is 0 Å². The maximum Gasteiger partial charge on any atom is 0.220 e. The van der Waals surface area contributed by atoms with E-state index < -0.39 is 0 Å². The smallest absolute Gasteiger partial charge is 0.220 e. The average Bonchev–Trinajstić information content (AvgIpc) is 2.78. The van der Waals surface area contributed by atoms with E-state index in [0.717, 1.165) is 0 Å². The van der Waals surface area contributed by atoms with Crippen LogP contribution in [0.5, 0.6) is 0 Å². The Hall–Kier alpha value is -2.34. The molecule has 2 aromatic heterocycles. The van der Waals surface area contributed by atoms with Gasteiger partial charge in [-0.05, 0) is 24.3 Å². The number of benzene rings is 1. The van der Waals surface area contributed by atoms with Crippen molar-refractivity contribution in [1.82, 2.24) is 4.98 Å². The molecule has 0 amide bonds. The predicted molar refractivity (Wildman–Crippen MR) is 63.6 cm³/mol. The lowest BCUT2D eigenvalue weighted by molar-refractivity contribution is -0.343. The zero-order chi connectivity index (χ0) is 11.4. The molecule has 0 aliphatic heterocycles. The molecule has 3 nitrogen and oxygen atoms in total. The van der Waals surface area contributed by atoms with Crippen LogP contribution in [0.4, 0.5) is 0 Å². The molecule has 0 atom stereocenters. The highest BCUT2D eigenvalue weighted by Crippen LogP contribution is 2.19. The van der Waals surface area contributed by atoms with E-state index in [0.29, 0.717) is 0 Å². The summed E-state index contributed by atoms with van der Waals surface area (Å²) < 4.78 is 0. The van der Waals surface area contributed by atoms with E-state index in [9.17, 15) is 0 Å². The van der Waals surface area contributed by atoms with Crippen LogP contribution in [0.1, 0.15) is 6.92 Å². The number of hydrogen-bond acceptors (Lipinski definition) is 1. The van der Waals surface area contributed by atoms with Gasteiger partial charge in [-0.1, -0.05) is 0 Å². The van der Waals surface area contributed by atoms with E-state index in [4.69, 9.17) is 5.26 Å². The summed E-state index contributed by atoms with van der Waals surface area (Å²) in [6.07, 6.45) is 3.92. The molecule has 0 aliphatic rings. The molecule has 3 aromatic rings. The Morgan fingerprint density at radius 2 is 2.06 bits per heavy atom. The molecular weight excluding hydrogens is 198 g/mol. The Morgan fingerprint density at radius 1 is 1.25 bits per heavy atom. The van der Waals surface area contributed by atoms with Crippen LogP contribution in [-0.4, -0.2) is 4.98 Å². The fraction of sp³-hybridized carbons (Fsp3) is 0.0769. The Balaban J connectivity index is 0.000000292. The van der Waals surface area contributed by atoms with E-state index in [-0.39, 0.29) is 0 Å². The Morgan fingerprint density at radius 3 is 2.88 bits per heavy atom. The van der Waals surface area contributed by atoms with Crippen molar-refractivity contribution in [2.45, 2.75) is 6.92 Å². The summed E-state index contributed by atoms with van der Waals surface area (Å²) in [5, 5.41) is 9.81. The van der Waals surface area contributed by atoms with Gasteiger partial charge in [0.2, 0.25) is 5.52 Å². The zero-order valence-electron chi connectivity index (χ0n) is 8.99. The topological polar surface area (TPSA) is 53.7 Å². The van der Waals surface area contributed by atoms with Crippen molar-refractivity contribution < 1.29 is 4.98 Å². The number of hydrogen-bond donors (Lipinski definition) is 1. The van der Waals surface area contributed by atoms with Gasteiger partial charge in [-0.3, -0.25) is 0 Å². The number of H-pyrrole nitrogens is 2. The van der Waals surface area contributed by atoms with Gasteiger partial charge in [0, 0.05) is 24.6 Å². The highest BCUT2D eigenvalue weighted by Gasteiger charge is 2.04. The van der Waals surface area contributed by atoms with E-state index in [1.54, 1.807) is 6.07 Å². The molecule has 1 aromatic carbocycles. The number of nitriles is 1. The molecule has 0 spiro atoms. The lowest BCUT2D eigenvalue weighted by atomic mass is 10.1. The van der Waals surface area contributed by atoms with Crippen molar-refractivity contribution in [2.24, 2.45) is 0 Å². The van der Waals surface area contributed by atoms with Crippen molar-refractivity contribution in [3.05, 3.63) is 42.7 Å². The highest BCUT2D eigenvalue weighted by molar-refractivity contribution is 6.01. The van der Waals surface area contributed by atoms with Crippen molar-refractivity contribution in [3.8, 4) is 6.07 Å². The number of aromatic nitrogens is 2. The molecule has 3 rings (SSSR count). The van der Waals surface area contributed by atoms with Crippen LogP contribution in [0, 0.1) is 11.3 Å². The van der Waals surface area contributed by atoms with Crippen molar-refractivity contribution in [1.29, 1.82) is 5.26 Å². The van der Waals surface area contributed by atoms with Gasteiger partial charge < -0.3 is 4.98 Å². The third kappa shape index (κ3) is 1.73. The summed E-state index contributed by atoms with van der Waals surface area (Å²) in [7, 11) is 0. The monoisotopic (exact) mass is 210 g/mol. The molecule has 3 heteroatoms. The fourth-order valence-corrected chi connectivity index (χ4v) is 1.73. The van der Waals surface area contributed by atoms with Crippen molar-refractivity contribution in [2.75, 3.05) is 0 Å². The molecule has 2 N–H and O–H groups in total. The van der Waals surface area contributed by atoms with Crippen LogP contribution in [-0.2, 0) is 0 Å². The SMILES string of the molecule is CC#N.c1c[nH+]c2c(c1)ccc1[nH]ccc12. The van der Waals surface area contributed by atoms with Gasteiger partial charge in [-0.2, -0.15) is 5.26 Å². The zero-order valence-corrected chi connectivity index (χ0v) is 8.99. The van der Waals surface area contributed by atoms with Gasteiger partial charge in [0.15, 0.2) is 6.20 Å². The third-order valence-corrected chi connectivity index (χ3v) is 2.37. The first-order valence-electron chi connectivity index (χ1n) is 5.04. The molecule has 0 aliphatic carbocycles. The van der Waals surface area contributed by atoms with Crippen molar-refractivity contribution >= 4 is 21.8 Å². The lowest BCUT2D eigenvalue weighted by Crippen LogP contribution is -2.00. The van der Waals surface area contributed by atoms with E-state index >= 15 is 0 Å². The largest absolute Gasteiger partial charge is 0.361 e. The number of nitrogens with one attached hydrogen (secondary N) is 2. The highest BCUT2D eigenvalue weighted by atomic mass is 14.7. The molecule has 0 fully saturated rings. The van der Waals surface area contributed by atoms with Gasteiger partial charge in [0.25, 0.3) is 0 Å². The van der Waals surface area contributed by atoms with Gasteiger partial charge in [-0.15, -0.1) is 0 Å². The predicted octanol–water partition coefficient (Wildman–Crippen LogP) is 2.67. The summed E-state index contributed by atoms with van der Waals surface area (Å²) in [4.78, 5) is 6.45. The van der Waals surface area contributed by atoms with Crippen LogP contribution < -0.4 is 4.98 Å². The first-order valence-corrected chi connectivity index (χ1v) is 5.04. The Kier molecular flexibility index (Phi) is 2.84. The first kappa shape index (κ1) is 10.2. The summed E-state index contributed by atoms with van der Waals surface area (Å²) >= 11 is 0. The van der Waals surface area contributed by atoms with E-state index in [1.165, 1.54) is 28.7 Å². The summed E-state index contributed by atoms with van der Waals surface area (Å²) in [6, 6.07) is 12.2. The lowest BCUT2D eigenvalue weighted by Gasteiger charge is -1.91. The quantitative estimate of drug-likeness (QED) is 0.609. The Labute approximate surface area is 93.4 Å². The van der Waals surface area contributed by atoms with Gasteiger partial charge >= 0.3 is 0 Å². The van der Waals surface area contributed by atoms with Crippen LogP contribution in [0.15, 0.2) is 42.7 Å². The average molecular weight is 210 g/mol. The Bertz CT molecular complexity index is 647. The minimum absolute atomic E-state index is 1.18. The number of nitrogens with zero attached hydrogens (tertiary/aromatic N) is 1. The molecule has 16 heavy (non-hydrogen) atoms. The van der Waals surface area contributed by atoms with Gasteiger partial charge in [0.05, 0.1) is 17.0 Å². The molecule has 0 saturated carbocycles. The summed E-state index contributed by atoms with van der Waals surface area (Å²) in [5.74, 6) is 0. The molecular formula is C13H12N3+. The standard InChI is InChI=1S/C11H8N2.C2H3N/c1-2-8-3-4-10-9(5-7-12-10)11(8)13-6-1;1-2-3/h1-7,12H;1H3/p+1. The summed E-state index contributed by atoms with van der Waals surface area (Å²) in [6.45, 7) is 1.43. The maximum absolute atomic E-state index is 7.32. The molecule has 0 saturated heterocycles. The fourth-order valence-electron chi connectivity index (χ4n) is 1.73. The number of fused-ring (bicyclic) bond motifs is 3. The van der Waals surface area contributed by atoms with E-state index in [2.05, 4.69) is 34.2 Å². The maximum atomic E-state index is 7.32.